The Morgan fingerprint density at radius 1 is 0.774 bits per heavy atom. The third-order valence-electron chi connectivity index (χ3n) is 5.57. The summed E-state index contributed by atoms with van der Waals surface area (Å²) in [6.45, 7) is 0.544. The van der Waals surface area contributed by atoms with Gasteiger partial charge in [0.1, 0.15) is 5.82 Å². The molecule has 0 fully saturated rings. The average molecular weight is 416 g/mol. The number of nitrogens with zero attached hydrogens (tertiary/aromatic N) is 2. The van der Waals surface area contributed by atoms with Crippen molar-refractivity contribution in [2.24, 2.45) is 0 Å². The number of rotatable bonds is 4. The number of alkyl halides is 3. The van der Waals surface area contributed by atoms with Gasteiger partial charge in [0.05, 0.1) is 16.6 Å². The van der Waals surface area contributed by atoms with E-state index in [9.17, 15) is 13.2 Å². The zero-order valence-electron chi connectivity index (χ0n) is 16.6. The number of fused-ring (bicyclic) bond motifs is 2. The quantitative estimate of drug-likeness (QED) is 0.313. The number of halogens is 3. The zero-order chi connectivity index (χ0) is 21.4. The van der Waals surface area contributed by atoms with E-state index in [2.05, 4.69) is 29.2 Å². The van der Waals surface area contributed by atoms with Gasteiger partial charge in [-0.1, -0.05) is 72.8 Å². The Morgan fingerprint density at radius 3 is 2.32 bits per heavy atom. The van der Waals surface area contributed by atoms with Crippen molar-refractivity contribution in [3.8, 4) is 0 Å². The summed E-state index contributed by atoms with van der Waals surface area (Å²) < 4.78 is 41.8. The molecule has 0 spiro atoms. The maximum Gasteiger partial charge on any atom is 0.416 e. The van der Waals surface area contributed by atoms with Crippen LogP contribution >= 0.6 is 0 Å². The fraction of sp³-hybridized carbons (Fsp3) is 0.115. The van der Waals surface area contributed by atoms with Gasteiger partial charge in [-0.3, -0.25) is 0 Å². The molecule has 0 radical (unpaired) electrons. The second-order valence-electron chi connectivity index (χ2n) is 7.62. The monoisotopic (exact) mass is 416 g/mol. The SMILES string of the molecule is FC(F)(F)c1ccc2c(c1)nc(Cc1cccc3ccccc13)n2Cc1ccccc1. The van der Waals surface area contributed by atoms with Gasteiger partial charge in [-0.15, -0.1) is 0 Å². The molecule has 0 atom stereocenters. The standard InChI is InChI=1S/C26H19F3N2/c27-26(28,29)21-13-14-24-23(16-21)30-25(31(24)17-18-7-2-1-3-8-18)15-20-11-6-10-19-9-4-5-12-22(19)20/h1-14,16H,15,17H2. The van der Waals surface area contributed by atoms with Crippen LogP contribution in [0.2, 0.25) is 0 Å². The summed E-state index contributed by atoms with van der Waals surface area (Å²) in [6, 6.07) is 27.9. The molecule has 31 heavy (non-hydrogen) atoms. The number of benzene rings is 4. The molecular formula is C26H19F3N2. The average Bonchev–Trinajstić information content (AvgIpc) is 3.10. The van der Waals surface area contributed by atoms with Crippen LogP contribution in [-0.4, -0.2) is 9.55 Å². The molecule has 2 nitrogen and oxygen atoms in total. The first-order chi connectivity index (χ1) is 15.0. The minimum atomic E-state index is -4.40. The second kappa shape index (κ2) is 7.58. The summed E-state index contributed by atoms with van der Waals surface area (Å²) in [6.07, 6.45) is -3.86. The van der Waals surface area contributed by atoms with Crippen LogP contribution in [0, 0.1) is 0 Å². The molecule has 0 bridgehead atoms. The van der Waals surface area contributed by atoms with Crippen LogP contribution < -0.4 is 0 Å². The molecule has 1 heterocycles. The Kier molecular flexibility index (Phi) is 4.74. The number of aromatic nitrogens is 2. The molecule has 0 N–H and O–H groups in total. The van der Waals surface area contributed by atoms with Crippen LogP contribution in [0.1, 0.15) is 22.5 Å². The van der Waals surface area contributed by atoms with E-state index >= 15 is 0 Å². The summed E-state index contributed by atoms with van der Waals surface area (Å²) in [5.74, 6) is 0.745. The van der Waals surface area contributed by atoms with E-state index in [4.69, 9.17) is 0 Å². The van der Waals surface area contributed by atoms with Gasteiger partial charge in [-0.05, 0) is 40.1 Å². The highest BCUT2D eigenvalue weighted by atomic mass is 19.4. The van der Waals surface area contributed by atoms with Crippen LogP contribution in [0.25, 0.3) is 21.8 Å². The zero-order valence-corrected chi connectivity index (χ0v) is 16.6. The highest BCUT2D eigenvalue weighted by molar-refractivity contribution is 5.86. The molecule has 0 aliphatic heterocycles. The molecule has 0 aliphatic carbocycles. The van der Waals surface area contributed by atoms with Gasteiger partial charge in [0.25, 0.3) is 0 Å². The lowest BCUT2D eigenvalue weighted by Crippen LogP contribution is -2.07. The summed E-state index contributed by atoms with van der Waals surface area (Å²) in [7, 11) is 0. The van der Waals surface area contributed by atoms with E-state index in [-0.39, 0.29) is 0 Å². The van der Waals surface area contributed by atoms with Crippen molar-refractivity contribution in [1.29, 1.82) is 0 Å². The minimum Gasteiger partial charge on any atom is -0.323 e. The highest BCUT2D eigenvalue weighted by Crippen LogP contribution is 2.32. The largest absolute Gasteiger partial charge is 0.416 e. The lowest BCUT2D eigenvalue weighted by Gasteiger charge is -2.11. The lowest BCUT2D eigenvalue weighted by atomic mass is 10.0. The van der Waals surface area contributed by atoms with Crippen LogP contribution in [0.3, 0.4) is 0 Å². The third-order valence-corrected chi connectivity index (χ3v) is 5.57. The fourth-order valence-corrected chi connectivity index (χ4v) is 4.05. The highest BCUT2D eigenvalue weighted by Gasteiger charge is 2.31. The van der Waals surface area contributed by atoms with Gasteiger partial charge >= 0.3 is 6.18 Å². The van der Waals surface area contributed by atoms with Crippen molar-refractivity contribution in [1.82, 2.24) is 9.55 Å². The van der Waals surface area contributed by atoms with Gasteiger partial charge in [0.2, 0.25) is 0 Å². The fourth-order valence-electron chi connectivity index (χ4n) is 4.05. The summed E-state index contributed by atoms with van der Waals surface area (Å²) in [5, 5.41) is 2.25. The molecule has 5 heteroatoms. The summed E-state index contributed by atoms with van der Waals surface area (Å²) in [5.41, 5.74) is 2.55. The Bertz CT molecular complexity index is 1360. The molecule has 1 aromatic heterocycles. The van der Waals surface area contributed by atoms with E-state index < -0.39 is 11.7 Å². The first-order valence-corrected chi connectivity index (χ1v) is 10.1. The predicted octanol–water partition coefficient (Wildman–Crippen LogP) is 6.85. The lowest BCUT2D eigenvalue weighted by molar-refractivity contribution is -0.137. The molecule has 0 aliphatic rings. The van der Waals surface area contributed by atoms with Crippen LogP contribution in [0.15, 0.2) is 91.0 Å². The summed E-state index contributed by atoms with van der Waals surface area (Å²) in [4.78, 5) is 4.65. The van der Waals surface area contributed by atoms with Crippen LogP contribution in [0.4, 0.5) is 13.2 Å². The van der Waals surface area contributed by atoms with Crippen LogP contribution in [0.5, 0.6) is 0 Å². The van der Waals surface area contributed by atoms with E-state index in [0.29, 0.717) is 24.0 Å². The molecule has 0 saturated carbocycles. The van der Waals surface area contributed by atoms with E-state index in [1.54, 1.807) is 0 Å². The van der Waals surface area contributed by atoms with Gasteiger partial charge in [-0.25, -0.2) is 4.98 Å². The molecule has 4 aromatic carbocycles. The van der Waals surface area contributed by atoms with E-state index in [0.717, 1.165) is 39.9 Å². The van der Waals surface area contributed by atoms with Gasteiger partial charge < -0.3 is 4.57 Å². The normalized spacial score (nSPS) is 12.0. The molecular weight excluding hydrogens is 397 g/mol. The first kappa shape index (κ1) is 19.4. The van der Waals surface area contributed by atoms with Gasteiger partial charge in [0.15, 0.2) is 0 Å². The molecule has 0 unspecified atom stereocenters. The maximum absolute atomic E-state index is 13.3. The predicted molar refractivity (Wildman–Crippen MR) is 117 cm³/mol. The number of hydrogen-bond acceptors (Lipinski definition) is 1. The Morgan fingerprint density at radius 2 is 1.52 bits per heavy atom. The smallest absolute Gasteiger partial charge is 0.323 e. The maximum atomic E-state index is 13.3. The Labute approximate surface area is 177 Å². The van der Waals surface area contributed by atoms with Crippen LogP contribution in [-0.2, 0) is 19.1 Å². The number of imidazole rings is 1. The first-order valence-electron chi connectivity index (χ1n) is 10.1. The van der Waals surface area contributed by atoms with Gasteiger partial charge in [-0.2, -0.15) is 13.2 Å². The van der Waals surface area contributed by atoms with E-state index in [1.165, 1.54) is 6.07 Å². The number of hydrogen-bond donors (Lipinski definition) is 0. The second-order valence-corrected chi connectivity index (χ2v) is 7.62. The Hall–Kier alpha value is -3.60. The molecule has 5 rings (SSSR count). The molecule has 5 aromatic rings. The van der Waals surface area contributed by atoms with Gasteiger partial charge in [0, 0.05) is 13.0 Å². The third kappa shape index (κ3) is 3.79. The van der Waals surface area contributed by atoms with Crippen molar-refractivity contribution in [2.75, 3.05) is 0 Å². The Balaban J connectivity index is 1.65. The minimum absolute atomic E-state index is 0.362. The summed E-state index contributed by atoms with van der Waals surface area (Å²) >= 11 is 0. The van der Waals surface area contributed by atoms with E-state index in [1.807, 2.05) is 53.1 Å². The molecule has 0 saturated heterocycles. The van der Waals surface area contributed by atoms with Crippen molar-refractivity contribution >= 4 is 21.8 Å². The molecule has 0 amide bonds. The van der Waals surface area contributed by atoms with Crippen molar-refractivity contribution in [3.05, 3.63) is 114 Å². The molecule has 154 valence electrons. The van der Waals surface area contributed by atoms with Crippen molar-refractivity contribution in [3.63, 3.8) is 0 Å². The topological polar surface area (TPSA) is 17.8 Å². The van der Waals surface area contributed by atoms with Crippen molar-refractivity contribution in [2.45, 2.75) is 19.1 Å². The van der Waals surface area contributed by atoms with Crippen molar-refractivity contribution < 1.29 is 13.2 Å².